The van der Waals surface area contributed by atoms with Crippen molar-refractivity contribution in [3.8, 4) is 0 Å². The predicted molar refractivity (Wildman–Crippen MR) is 89.9 cm³/mol. The highest BCUT2D eigenvalue weighted by molar-refractivity contribution is 5.83. The summed E-state index contributed by atoms with van der Waals surface area (Å²) in [6.07, 6.45) is 7.85. The molecule has 4 nitrogen and oxygen atoms in total. The zero-order valence-electron chi connectivity index (χ0n) is 13.1. The monoisotopic (exact) mass is 299 g/mol. The van der Waals surface area contributed by atoms with E-state index in [1.54, 1.807) is 0 Å². The summed E-state index contributed by atoms with van der Waals surface area (Å²) in [4.78, 5) is 17.5. The first kappa shape index (κ1) is 15.1. The Morgan fingerprint density at radius 3 is 2.73 bits per heavy atom. The van der Waals surface area contributed by atoms with E-state index in [0.717, 1.165) is 38.9 Å². The van der Waals surface area contributed by atoms with Crippen LogP contribution in [0, 0.1) is 0 Å². The van der Waals surface area contributed by atoms with Crippen LogP contribution in [0.2, 0.25) is 0 Å². The number of aromatic amines is 1. The highest BCUT2D eigenvalue weighted by Gasteiger charge is 2.14. The third-order valence-electron chi connectivity index (χ3n) is 4.48. The molecule has 4 heteroatoms. The Hall–Kier alpha value is -1.81. The second-order valence-corrected chi connectivity index (χ2v) is 6.08. The van der Waals surface area contributed by atoms with Gasteiger partial charge in [0.1, 0.15) is 0 Å². The first-order chi connectivity index (χ1) is 10.8. The van der Waals surface area contributed by atoms with Crippen LogP contribution in [0.15, 0.2) is 30.5 Å². The van der Waals surface area contributed by atoms with Gasteiger partial charge in [0.05, 0.1) is 6.54 Å². The number of H-pyrrole nitrogens is 1. The predicted octanol–water partition coefficient (Wildman–Crippen LogP) is 2.70. The maximum Gasteiger partial charge on any atom is 0.236 e. The number of hydrogen-bond acceptors (Lipinski definition) is 2. The molecule has 1 aliphatic rings. The molecule has 0 saturated carbocycles. The van der Waals surface area contributed by atoms with E-state index >= 15 is 0 Å². The minimum absolute atomic E-state index is 0.251. The minimum Gasteiger partial charge on any atom is -0.361 e. The quantitative estimate of drug-likeness (QED) is 0.834. The van der Waals surface area contributed by atoms with Crippen molar-refractivity contribution in [2.75, 3.05) is 26.2 Å². The van der Waals surface area contributed by atoms with Crippen LogP contribution in [-0.2, 0) is 11.2 Å². The van der Waals surface area contributed by atoms with Crippen molar-refractivity contribution in [3.05, 3.63) is 36.0 Å². The average molecular weight is 299 g/mol. The number of aromatic nitrogens is 1. The molecular formula is C18H25N3O. The van der Waals surface area contributed by atoms with Crippen molar-refractivity contribution in [2.45, 2.75) is 32.1 Å². The molecule has 0 radical (unpaired) electrons. The molecule has 1 amide bonds. The summed E-state index contributed by atoms with van der Waals surface area (Å²) < 4.78 is 0. The zero-order valence-corrected chi connectivity index (χ0v) is 13.1. The van der Waals surface area contributed by atoms with E-state index in [1.165, 1.54) is 29.3 Å². The van der Waals surface area contributed by atoms with Crippen molar-refractivity contribution >= 4 is 16.8 Å². The van der Waals surface area contributed by atoms with Gasteiger partial charge in [0.25, 0.3) is 0 Å². The van der Waals surface area contributed by atoms with Crippen LogP contribution in [0.5, 0.6) is 0 Å². The lowest BCUT2D eigenvalue weighted by atomic mass is 10.1. The molecule has 0 bridgehead atoms. The Kier molecular flexibility index (Phi) is 5.11. The van der Waals surface area contributed by atoms with Gasteiger partial charge in [-0.25, -0.2) is 0 Å². The first-order valence-electron chi connectivity index (χ1n) is 8.38. The molecule has 2 N–H and O–H groups in total. The van der Waals surface area contributed by atoms with E-state index in [-0.39, 0.29) is 5.91 Å². The van der Waals surface area contributed by atoms with Gasteiger partial charge in [0.15, 0.2) is 0 Å². The van der Waals surface area contributed by atoms with E-state index in [2.05, 4.69) is 34.7 Å². The Morgan fingerprint density at radius 2 is 1.91 bits per heavy atom. The normalized spacial score (nSPS) is 15.9. The smallest absolute Gasteiger partial charge is 0.236 e. The SMILES string of the molecule is O=C(CNCCc1c[nH]c2ccccc12)N1CCCCCC1. The minimum atomic E-state index is 0.251. The van der Waals surface area contributed by atoms with E-state index in [4.69, 9.17) is 0 Å². The van der Waals surface area contributed by atoms with Crippen LogP contribution in [-0.4, -0.2) is 42.0 Å². The number of carbonyl (C=O) groups excluding carboxylic acids is 1. The van der Waals surface area contributed by atoms with Crippen LogP contribution < -0.4 is 5.32 Å². The molecule has 0 spiro atoms. The lowest BCUT2D eigenvalue weighted by molar-refractivity contribution is -0.130. The molecular weight excluding hydrogens is 274 g/mol. The lowest BCUT2D eigenvalue weighted by Gasteiger charge is -2.20. The highest BCUT2D eigenvalue weighted by Crippen LogP contribution is 2.17. The van der Waals surface area contributed by atoms with E-state index < -0.39 is 0 Å². The number of hydrogen-bond donors (Lipinski definition) is 2. The molecule has 3 rings (SSSR count). The lowest BCUT2D eigenvalue weighted by Crippen LogP contribution is -2.39. The van der Waals surface area contributed by atoms with Crippen molar-refractivity contribution in [1.29, 1.82) is 0 Å². The number of amides is 1. The summed E-state index contributed by atoms with van der Waals surface area (Å²) in [5.41, 5.74) is 2.49. The third-order valence-corrected chi connectivity index (χ3v) is 4.48. The van der Waals surface area contributed by atoms with Crippen LogP contribution in [0.25, 0.3) is 10.9 Å². The summed E-state index contributed by atoms with van der Waals surface area (Å²) in [5.74, 6) is 0.251. The van der Waals surface area contributed by atoms with Gasteiger partial charge in [-0.05, 0) is 37.4 Å². The van der Waals surface area contributed by atoms with Crippen molar-refractivity contribution < 1.29 is 4.79 Å². The summed E-state index contributed by atoms with van der Waals surface area (Å²) in [6.45, 7) is 3.16. The van der Waals surface area contributed by atoms with Crippen molar-refractivity contribution in [3.63, 3.8) is 0 Å². The van der Waals surface area contributed by atoms with Crippen LogP contribution in [0.4, 0.5) is 0 Å². The van der Waals surface area contributed by atoms with E-state index in [0.29, 0.717) is 6.54 Å². The maximum absolute atomic E-state index is 12.2. The second-order valence-electron chi connectivity index (χ2n) is 6.08. The summed E-state index contributed by atoms with van der Waals surface area (Å²) in [6, 6.07) is 8.34. The number of para-hydroxylation sites is 1. The van der Waals surface area contributed by atoms with Gasteiger partial charge in [-0.3, -0.25) is 4.79 Å². The maximum atomic E-state index is 12.2. The Labute approximate surface area is 131 Å². The van der Waals surface area contributed by atoms with Gasteiger partial charge >= 0.3 is 0 Å². The van der Waals surface area contributed by atoms with Gasteiger partial charge in [0.2, 0.25) is 5.91 Å². The van der Waals surface area contributed by atoms with Crippen LogP contribution in [0.1, 0.15) is 31.2 Å². The summed E-state index contributed by atoms with van der Waals surface area (Å²) in [5, 5.41) is 4.58. The molecule has 2 heterocycles. The van der Waals surface area contributed by atoms with Gasteiger partial charge < -0.3 is 15.2 Å². The topological polar surface area (TPSA) is 48.1 Å². The fourth-order valence-electron chi connectivity index (χ4n) is 3.19. The van der Waals surface area contributed by atoms with E-state index in [1.807, 2.05) is 11.0 Å². The molecule has 1 aliphatic heterocycles. The molecule has 1 aromatic carbocycles. The largest absolute Gasteiger partial charge is 0.361 e. The molecule has 22 heavy (non-hydrogen) atoms. The Bertz CT molecular complexity index is 612. The second kappa shape index (κ2) is 7.45. The number of nitrogens with one attached hydrogen (secondary N) is 2. The van der Waals surface area contributed by atoms with Crippen molar-refractivity contribution in [2.24, 2.45) is 0 Å². The molecule has 0 aliphatic carbocycles. The molecule has 2 aromatic rings. The standard InChI is InChI=1S/C18H25N3O/c22-18(21-11-5-1-2-6-12-21)14-19-10-9-15-13-20-17-8-4-3-7-16(15)17/h3-4,7-8,13,19-20H,1-2,5-6,9-12,14H2. The van der Waals surface area contributed by atoms with Gasteiger partial charge in [-0.15, -0.1) is 0 Å². The Balaban J connectivity index is 1.44. The number of likely N-dealkylation sites (tertiary alicyclic amines) is 1. The number of fused-ring (bicyclic) bond motifs is 1. The number of nitrogens with zero attached hydrogens (tertiary/aromatic N) is 1. The fourth-order valence-corrected chi connectivity index (χ4v) is 3.19. The van der Waals surface area contributed by atoms with Gasteiger partial charge in [0, 0.05) is 30.2 Å². The molecule has 1 aromatic heterocycles. The first-order valence-corrected chi connectivity index (χ1v) is 8.38. The van der Waals surface area contributed by atoms with Crippen LogP contribution >= 0.6 is 0 Å². The van der Waals surface area contributed by atoms with E-state index in [9.17, 15) is 4.79 Å². The van der Waals surface area contributed by atoms with Gasteiger partial charge in [-0.2, -0.15) is 0 Å². The zero-order chi connectivity index (χ0) is 15.2. The summed E-state index contributed by atoms with van der Waals surface area (Å²) in [7, 11) is 0. The Morgan fingerprint density at radius 1 is 1.14 bits per heavy atom. The van der Waals surface area contributed by atoms with Crippen molar-refractivity contribution in [1.82, 2.24) is 15.2 Å². The number of rotatable bonds is 5. The molecule has 0 unspecified atom stereocenters. The number of benzene rings is 1. The van der Waals surface area contributed by atoms with Crippen LogP contribution in [0.3, 0.4) is 0 Å². The average Bonchev–Trinajstić information content (AvgIpc) is 2.77. The molecule has 1 saturated heterocycles. The molecule has 0 atom stereocenters. The highest BCUT2D eigenvalue weighted by atomic mass is 16.2. The summed E-state index contributed by atoms with van der Waals surface area (Å²) >= 11 is 0. The molecule has 118 valence electrons. The fraction of sp³-hybridized carbons (Fsp3) is 0.500. The third kappa shape index (κ3) is 3.69. The number of carbonyl (C=O) groups is 1. The molecule has 1 fully saturated rings. The van der Waals surface area contributed by atoms with Gasteiger partial charge in [-0.1, -0.05) is 31.0 Å².